The minimum atomic E-state index is -0.472. The minimum Gasteiger partial charge on any atom is -0.494 e. The van der Waals surface area contributed by atoms with Gasteiger partial charge in [0.1, 0.15) is 5.75 Å². The number of hydrogen-bond acceptors (Lipinski definition) is 3. The van der Waals surface area contributed by atoms with Crippen LogP contribution in [-0.4, -0.2) is 16.7 Å². The lowest BCUT2D eigenvalue weighted by Gasteiger charge is -2.12. The normalized spacial score (nSPS) is 12.1. The molecule has 100 valence electrons. The second-order valence-corrected chi connectivity index (χ2v) is 4.42. The Kier molecular flexibility index (Phi) is 4.93. The average Bonchev–Trinajstić information content (AvgIpc) is 2.46. The number of ether oxygens (including phenoxy) is 1. The number of benzene rings is 1. The van der Waals surface area contributed by atoms with E-state index >= 15 is 0 Å². The summed E-state index contributed by atoms with van der Waals surface area (Å²) in [4.78, 5) is 4.07. The zero-order valence-electron chi connectivity index (χ0n) is 11.1. The standard InChI is InChI=1S/C16H19NO2/c1-2-19-15-7-3-6-14(11-15)16(18)9-8-13-5-4-10-17-12-13/h3-7,10-12,16,18H,2,8-9H2,1H3. The summed E-state index contributed by atoms with van der Waals surface area (Å²) in [5.41, 5.74) is 2.04. The van der Waals surface area contributed by atoms with Crippen LogP contribution in [0.3, 0.4) is 0 Å². The van der Waals surface area contributed by atoms with Crippen LogP contribution < -0.4 is 4.74 Å². The Morgan fingerprint density at radius 1 is 1.26 bits per heavy atom. The summed E-state index contributed by atoms with van der Waals surface area (Å²) in [7, 11) is 0. The maximum absolute atomic E-state index is 10.2. The molecule has 0 bridgehead atoms. The highest BCUT2D eigenvalue weighted by atomic mass is 16.5. The number of aliphatic hydroxyl groups excluding tert-OH is 1. The van der Waals surface area contributed by atoms with Crippen LogP contribution in [0.15, 0.2) is 48.8 Å². The highest BCUT2D eigenvalue weighted by Gasteiger charge is 2.08. The Balaban J connectivity index is 1.95. The predicted octanol–water partition coefficient (Wildman–Crippen LogP) is 3.15. The minimum absolute atomic E-state index is 0.472. The van der Waals surface area contributed by atoms with E-state index in [9.17, 15) is 5.11 Å². The van der Waals surface area contributed by atoms with Crippen molar-refractivity contribution in [3.8, 4) is 5.75 Å². The van der Waals surface area contributed by atoms with Gasteiger partial charge in [0.05, 0.1) is 12.7 Å². The van der Waals surface area contributed by atoms with Gasteiger partial charge in [-0.1, -0.05) is 18.2 Å². The van der Waals surface area contributed by atoms with Gasteiger partial charge in [0.2, 0.25) is 0 Å². The summed E-state index contributed by atoms with van der Waals surface area (Å²) in [5.74, 6) is 0.806. The van der Waals surface area contributed by atoms with E-state index in [1.807, 2.05) is 49.5 Å². The lowest BCUT2D eigenvalue weighted by atomic mass is 10.0. The number of aliphatic hydroxyl groups is 1. The molecule has 0 saturated carbocycles. The first-order valence-corrected chi connectivity index (χ1v) is 6.59. The van der Waals surface area contributed by atoms with Crippen LogP contribution in [0.1, 0.15) is 30.6 Å². The van der Waals surface area contributed by atoms with Gasteiger partial charge in [0, 0.05) is 12.4 Å². The summed E-state index contributed by atoms with van der Waals surface area (Å²) in [5, 5.41) is 10.2. The van der Waals surface area contributed by atoms with Crippen molar-refractivity contribution in [3.05, 3.63) is 59.9 Å². The van der Waals surface area contributed by atoms with Crippen LogP contribution in [0.25, 0.3) is 0 Å². The first-order chi connectivity index (χ1) is 9.29. The van der Waals surface area contributed by atoms with Crippen LogP contribution in [-0.2, 0) is 6.42 Å². The first-order valence-electron chi connectivity index (χ1n) is 6.59. The molecule has 2 aromatic rings. The molecule has 1 heterocycles. The lowest BCUT2D eigenvalue weighted by molar-refractivity contribution is 0.167. The maximum atomic E-state index is 10.2. The molecule has 1 N–H and O–H groups in total. The molecule has 1 aromatic carbocycles. The summed E-state index contributed by atoms with van der Waals surface area (Å²) in [6.45, 7) is 2.58. The van der Waals surface area contributed by atoms with E-state index in [1.54, 1.807) is 6.20 Å². The smallest absolute Gasteiger partial charge is 0.119 e. The zero-order chi connectivity index (χ0) is 13.5. The quantitative estimate of drug-likeness (QED) is 0.864. The number of aryl methyl sites for hydroxylation is 1. The fraction of sp³-hybridized carbons (Fsp3) is 0.312. The number of hydrogen-bond donors (Lipinski definition) is 1. The molecule has 1 atom stereocenters. The molecule has 0 amide bonds. The fourth-order valence-electron chi connectivity index (χ4n) is 1.99. The Labute approximate surface area is 113 Å². The third-order valence-electron chi connectivity index (χ3n) is 2.98. The summed E-state index contributed by atoms with van der Waals surface area (Å²) >= 11 is 0. The molecule has 1 unspecified atom stereocenters. The van der Waals surface area contributed by atoms with Gasteiger partial charge in [-0.15, -0.1) is 0 Å². The topological polar surface area (TPSA) is 42.4 Å². The van der Waals surface area contributed by atoms with Crippen LogP contribution in [0.2, 0.25) is 0 Å². The molecular weight excluding hydrogens is 238 g/mol. The second kappa shape index (κ2) is 6.90. The molecule has 0 aliphatic heterocycles. The molecule has 3 heteroatoms. The first kappa shape index (κ1) is 13.6. The van der Waals surface area contributed by atoms with Gasteiger partial charge in [-0.2, -0.15) is 0 Å². The number of pyridine rings is 1. The molecule has 0 saturated heterocycles. The third kappa shape index (κ3) is 4.07. The van der Waals surface area contributed by atoms with E-state index in [1.165, 1.54) is 0 Å². The van der Waals surface area contributed by atoms with Crippen LogP contribution in [0, 0.1) is 0 Å². The largest absolute Gasteiger partial charge is 0.494 e. The number of nitrogens with zero attached hydrogens (tertiary/aromatic N) is 1. The van der Waals surface area contributed by atoms with Crippen molar-refractivity contribution in [3.63, 3.8) is 0 Å². The van der Waals surface area contributed by atoms with E-state index in [0.29, 0.717) is 13.0 Å². The van der Waals surface area contributed by atoms with Gasteiger partial charge >= 0.3 is 0 Å². The van der Waals surface area contributed by atoms with Gasteiger partial charge in [0.15, 0.2) is 0 Å². The molecule has 0 aliphatic carbocycles. The molecular formula is C16H19NO2. The van der Waals surface area contributed by atoms with Crippen molar-refractivity contribution in [2.75, 3.05) is 6.61 Å². The molecule has 0 fully saturated rings. The molecule has 3 nitrogen and oxygen atoms in total. The Morgan fingerprint density at radius 3 is 2.89 bits per heavy atom. The molecule has 0 aliphatic rings. The molecule has 1 aromatic heterocycles. The summed E-state index contributed by atoms with van der Waals surface area (Å²) in [6, 6.07) is 11.6. The molecule has 2 rings (SSSR count). The van der Waals surface area contributed by atoms with Crippen molar-refractivity contribution in [2.45, 2.75) is 25.9 Å². The summed E-state index contributed by atoms with van der Waals surface area (Å²) < 4.78 is 5.44. The predicted molar refractivity (Wildman–Crippen MR) is 75.1 cm³/mol. The van der Waals surface area contributed by atoms with Crippen molar-refractivity contribution in [1.29, 1.82) is 0 Å². The monoisotopic (exact) mass is 257 g/mol. The van der Waals surface area contributed by atoms with Crippen molar-refractivity contribution in [2.24, 2.45) is 0 Å². The maximum Gasteiger partial charge on any atom is 0.119 e. The third-order valence-corrected chi connectivity index (χ3v) is 2.98. The van der Waals surface area contributed by atoms with E-state index in [4.69, 9.17) is 4.74 Å². The number of rotatable bonds is 6. The lowest BCUT2D eigenvalue weighted by Crippen LogP contribution is -2.01. The molecule has 0 spiro atoms. The average molecular weight is 257 g/mol. The van der Waals surface area contributed by atoms with Crippen molar-refractivity contribution < 1.29 is 9.84 Å². The van der Waals surface area contributed by atoms with E-state index in [2.05, 4.69) is 4.98 Å². The van der Waals surface area contributed by atoms with Gasteiger partial charge in [-0.3, -0.25) is 4.98 Å². The van der Waals surface area contributed by atoms with Crippen LogP contribution in [0.4, 0.5) is 0 Å². The van der Waals surface area contributed by atoms with Gasteiger partial charge in [0.25, 0.3) is 0 Å². The fourth-order valence-corrected chi connectivity index (χ4v) is 1.99. The second-order valence-electron chi connectivity index (χ2n) is 4.42. The van der Waals surface area contributed by atoms with E-state index in [-0.39, 0.29) is 0 Å². The van der Waals surface area contributed by atoms with E-state index in [0.717, 1.165) is 23.3 Å². The highest BCUT2D eigenvalue weighted by Crippen LogP contribution is 2.22. The van der Waals surface area contributed by atoms with E-state index < -0.39 is 6.10 Å². The van der Waals surface area contributed by atoms with Crippen LogP contribution >= 0.6 is 0 Å². The zero-order valence-corrected chi connectivity index (χ0v) is 11.1. The van der Waals surface area contributed by atoms with Crippen molar-refractivity contribution >= 4 is 0 Å². The highest BCUT2D eigenvalue weighted by molar-refractivity contribution is 5.30. The Bertz CT molecular complexity index is 499. The van der Waals surface area contributed by atoms with Gasteiger partial charge in [-0.05, 0) is 49.1 Å². The SMILES string of the molecule is CCOc1cccc(C(O)CCc2cccnc2)c1. The Morgan fingerprint density at radius 2 is 2.16 bits per heavy atom. The number of aromatic nitrogens is 1. The molecule has 19 heavy (non-hydrogen) atoms. The summed E-state index contributed by atoms with van der Waals surface area (Å²) in [6.07, 6.45) is 4.62. The van der Waals surface area contributed by atoms with Crippen LogP contribution in [0.5, 0.6) is 5.75 Å². The van der Waals surface area contributed by atoms with Crippen molar-refractivity contribution in [1.82, 2.24) is 4.98 Å². The van der Waals surface area contributed by atoms with Gasteiger partial charge < -0.3 is 9.84 Å². The Hall–Kier alpha value is -1.87. The van der Waals surface area contributed by atoms with Gasteiger partial charge in [-0.25, -0.2) is 0 Å². The molecule has 0 radical (unpaired) electrons.